The van der Waals surface area contributed by atoms with Gasteiger partial charge in [0.1, 0.15) is 12.1 Å². The number of azo groups is 1. The lowest BCUT2D eigenvalue weighted by Crippen LogP contribution is -1.91. The third-order valence-electron chi connectivity index (χ3n) is 2.34. The summed E-state index contributed by atoms with van der Waals surface area (Å²) in [4.78, 5) is 3.84. The molecule has 0 fully saturated rings. The van der Waals surface area contributed by atoms with E-state index in [9.17, 15) is 0 Å². The van der Waals surface area contributed by atoms with Crippen LogP contribution < -0.4 is 14.2 Å². The van der Waals surface area contributed by atoms with Crippen LogP contribution in [0.25, 0.3) is 0 Å². The number of nitrogens with one attached hydrogen (secondary N) is 1. The standard InChI is InChI=1S/C11H13N5O3/c1-17-7-4-8(18-2)10(9(5-7)19-3)14-16-11-12-6-13-15-11/h4-6H,1-3H3,(H,12,13,15). The van der Waals surface area contributed by atoms with Crippen molar-refractivity contribution in [1.82, 2.24) is 15.2 Å². The Morgan fingerprint density at radius 3 is 2.16 bits per heavy atom. The van der Waals surface area contributed by atoms with Crippen molar-refractivity contribution >= 4 is 11.6 Å². The molecule has 1 N–H and O–H groups in total. The first-order valence-electron chi connectivity index (χ1n) is 5.35. The molecule has 0 unspecified atom stereocenters. The molecule has 0 atom stereocenters. The van der Waals surface area contributed by atoms with Crippen LogP contribution in [-0.4, -0.2) is 36.5 Å². The molecule has 0 amide bonds. The Hall–Kier alpha value is -2.64. The van der Waals surface area contributed by atoms with Crippen molar-refractivity contribution in [3.63, 3.8) is 0 Å². The summed E-state index contributed by atoms with van der Waals surface area (Å²) in [5, 5.41) is 14.2. The van der Waals surface area contributed by atoms with Gasteiger partial charge in [-0.25, -0.2) is 5.10 Å². The maximum atomic E-state index is 5.24. The topological polar surface area (TPSA) is 94.0 Å². The molecule has 1 heterocycles. The van der Waals surface area contributed by atoms with Crippen molar-refractivity contribution in [1.29, 1.82) is 0 Å². The predicted molar refractivity (Wildman–Crippen MR) is 66.7 cm³/mol. The third kappa shape index (κ3) is 2.79. The molecule has 19 heavy (non-hydrogen) atoms. The van der Waals surface area contributed by atoms with Crippen LogP contribution in [0.1, 0.15) is 0 Å². The number of hydrogen-bond acceptors (Lipinski definition) is 7. The second kappa shape index (κ2) is 5.80. The first-order chi connectivity index (χ1) is 9.28. The van der Waals surface area contributed by atoms with E-state index in [0.29, 0.717) is 28.9 Å². The zero-order valence-corrected chi connectivity index (χ0v) is 10.7. The first-order valence-corrected chi connectivity index (χ1v) is 5.35. The Morgan fingerprint density at radius 2 is 1.68 bits per heavy atom. The number of ether oxygens (including phenoxy) is 3. The highest BCUT2D eigenvalue weighted by molar-refractivity contribution is 5.65. The molecule has 0 aliphatic carbocycles. The normalized spacial score (nSPS) is 10.7. The van der Waals surface area contributed by atoms with Crippen LogP contribution in [0.4, 0.5) is 11.6 Å². The van der Waals surface area contributed by atoms with Gasteiger partial charge in [0.15, 0.2) is 17.2 Å². The molecule has 100 valence electrons. The highest BCUT2D eigenvalue weighted by Gasteiger charge is 2.13. The number of benzene rings is 1. The van der Waals surface area contributed by atoms with E-state index in [2.05, 4.69) is 25.4 Å². The fraction of sp³-hybridized carbons (Fsp3) is 0.273. The molecule has 2 aromatic rings. The molecule has 0 saturated carbocycles. The molecule has 2 rings (SSSR count). The van der Waals surface area contributed by atoms with Crippen molar-refractivity contribution in [3.05, 3.63) is 18.5 Å². The Kier molecular flexibility index (Phi) is 3.91. The number of aromatic nitrogens is 3. The second-order valence-electron chi connectivity index (χ2n) is 3.39. The monoisotopic (exact) mass is 263 g/mol. The van der Waals surface area contributed by atoms with Crippen molar-refractivity contribution in [3.8, 4) is 17.2 Å². The zero-order chi connectivity index (χ0) is 13.7. The lowest BCUT2D eigenvalue weighted by Gasteiger charge is -2.10. The minimum Gasteiger partial charge on any atom is -0.496 e. The van der Waals surface area contributed by atoms with Crippen LogP contribution in [0.3, 0.4) is 0 Å². The Balaban J connectivity index is 2.42. The van der Waals surface area contributed by atoms with Crippen LogP contribution in [0.15, 0.2) is 28.7 Å². The van der Waals surface area contributed by atoms with Gasteiger partial charge in [0, 0.05) is 12.1 Å². The highest BCUT2D eigenvalue weighted by atomic mass is 16.5. The number of nitrogens with zero attached hydrogens (tertiary/aromatic N) is 4. The van der Waals surface area contributed by atoms with Crippen molar-refractivity contribution in [2.75, 3.05) is 21.3 Å². The van der Waals surface area contributed by atoms with Crippen molar-refractivity contribution < 1.29 is 14.2 Å². The molecular formula is C11H13N5O3. The van der Waals surface area contributed by atoms with Gasteiger partial charge in [-0.15, -0.1) is 10.2 Å². The van der Waals surface area contributed by atoms with E-state index < -0.39 is 0 Å². The molecule has 8 nitrogen and oxygen atoms in total. The molecule has 8 heteroatoms. The fourth-order valence-corrected chi connectivity index (χ4v) is 1.43. The predicted octanol–water partition coefficient (Wildman–Crippen LogP) is 2.25. The van der Waals surface area contributed by atoms with E-state index >= 15 is 0 Å². The van der Waals surface area contributed by atoms with Gasteiger partial charge < -0.3 is 14.2 Å². The average Bonchev–Trinajstić information content (AvgIpc) is 2.97. The Bertz CT molecular complexity index is 543. The summed E-state index contributed by atoms with van der Waals surface area (Å²) in [5.74, 6) is 1.87. The Morgan fingerprint density at radius 1 is 1.00 bits per heavy atom. The molecule has 1 aromatic carbocycles. The number of hydrogen-bond donors (Lipinski definition) is 1. The Labute approximate surface area is 109 Å². The summed E-state index contributed by atoms with van der Waals surface area (Å²) in [7, 11) is 4.62. The van der Waals surface area contributed by atoms with Gasteiger partial charge in [-0.1, -0.05) is 0 Å². The van der Waals surface area contributed by atoms with Gasteiger partial charge in [0.2, 0.25) is 0 Å². The quantitative estimate of drug-likeness (QED) is 0.835. The molecule has 0 aliphatic heterocycles. The zero-order valence-electron chi connectivity index (χ0n) is 10.7. The molecule has 0 bridgehead atoms. The third-order valence-corrected chi connectivity index (χ3v) is 2.34. The lowest BCUT2D eigenvalue weighted by molar-refractivity contribution is 0.377. The summed E-state index contributed by atoms with van der Waals surface area (Å²) < 4.78 is 15.6. The number of methoxy groups -OCH3 is 3. The van der Waals surface area contributed by atoms with Gasteiger partial charge in [-0.05, 0) is 0 Å². The van der Waals surface area contributed by atoms with Crippen LogP contribution in [-0.2, 0) is 0 Å². The number of H-pyrrole nitrogens is 1. The largest absolute Gasteiger partial charge is 0.496 e. The van der Waals surface area contributed by atoms with E-state index in [4.69, 9.17) is 14.2 Å². The number of aromatic amines is 1. The molecule has 0 aliphatic rings. The summed E-state index contributed by atoms with van der Waals surface area (Å²) in [6.45, 7) is 0. The summed E-state index contributed by atoms with van der Waals surface area (Å²) >= 11 is 0. The van der Waals surface area contributed by atoms with Crippen LogP contribution in [0.5, 0.6) is 17.2 Å². The van der Waals surface area contributed by atoms with E-state index in [-0.39, 0.29) is 0 Å². The summed E-state index contributed by atoms with van der Waals surface area (Å²) in [5.41, 5.74) is 0.446. The maximum absolute atomic E-state index is 5.24. The van der Waals surface area contributed by atoms with Gasteiger partial charge in [0.25, 0.3) is 5.95 Å². The van der Waals surface area contributed by atoms with Gasteiger partial charge in [-0.3, -0.25) is 0 Å². The average molecular weight is 263 g/mol. The first kappa shape index (κ1) is 12.8. The van der Waals surface area contributed by atoms with E-state index in [1.165, 1.54) is 20.5 Å². The summed E-state index contributed by atoms with van der Waals surface area (Å²) in [6.07, 6.45) is 1.34. The molecule has 0 saturated heterocycles. The minimum atomic E-state index is 0.292. The molecular weight excluding hydrogens is 250 g/mol. The van der Waals surface area contributed by atoms with Gasteiger partial charge in [-0.2, -0.15) is 10.1 Å². The SMILES string of the molecule is COc1cc(OC)c(N=Nc2ncn[nH]2)c(OC)c1. The lowest BCUT2D eigenvalue weighted by atomic mass is 10.2. The van der Waals surface area contributed by atoms with E-state index in [0.717, 1.165) is 0 Å². The van der Waals surface area contributed by atoms with Crippen LogP contribution in [0, 0.1) is 0 Å². The molecule has 1 aromatic heterocycles. The molecule has 0 spiro atoms. The van der Waals surface area contributed by atoms with Crippen LogP contribution in [0.2, 0.25) is 0 Å². The van der Waals surface area contributed by atoms with Crippen molar-refractivity contribution in [2.24, 2.45) is 10.2 Å². The highest BCUT2D eigenvalue weighted by Crippen LogP contribution is 2.41. The maximum Gasteiger partial charge on any atom is 0.264 e. The van der Waals surface area contributed by atoms with Gasteiger partial charge in [0.05, 0.1) is 21.3 Å². The van der Waals surface area contributed by atoms with E-state index in [1.54, 1.807) is 19.2 Å². The molecule has 0 radical (unpaired) electrons. The van der Waals surface area contributed by atoms with Crippen molar-refractivity contribution in [2.45, 2.75) is 0 Å². The summed E-state index contributed by atoms with van der Waals surface area (Å²) in [6, 6.07) is 3.38. The van der Waals surface area contributed by atoms with Gasteiger partial charge >= 0.3 is 0 Å². The van der Waals surface area contributed by atoms with Crippen LogP contribution >= 0.6 is 0 Å². The smallest absolute Gasteiger partial charge is 0.264 e. The number of rotatable bonds is 5. The van der Waals surface area contributed by atoms with E-state index in [1.807, 2.05) is 0 Å². The minimum absolute atomic E-state index is 0.292. The fourth-order valence-electron chi connectivity index (χ4n) is 1.43. The second-order valence-corrected chi connectivity index (χ2v) is 3.39.